The van der Waals surface area contributed by atoms with Crippen LogP contribution in [-0.2, 0) is 14.9 Å². The number of nitrogens with zero attached hydrogens (tertiary/aromatic N) is 1. The molecule has 1 aliphatic heterocycles. The van der Waals surface area contributed by atoms with E-state index >= 15 is 0 Å². The third-order valence-corrected chi connectivity index (χ3v) is 5.20. The standard InChI is InChI=1S/C22H25F2NO3/c1-25(12-3-13-28-20-8-6-18(23)7-9-20)21(26)22(10-14-27-15-11-22)17-4-2-5-19(24)16-17/h2,4-9,16H,3,10-15H2,1H3. The van der Waals surface area contributed by atoms with Crippen LogP contribution in [-0.4, -0.2) is 44.2 Å². The van der Waals surface area contributed by atoms with Crippen LogP contribution in [0, 0.1) is 11.6 Å². The Morgan fingerprint density at radius 1 is 1.11 bits per heavy atom. The van der Waals surface area contributed by atoms with Crippen LogP contribution in [0.15, 0.2) is 48.5 Å². The van der Waals surface area contributed by atoms with Crippen molar-refractivity contribution in [2.45, 2.75) is 24.7 Å². The summed E-state index contributed by atoms with van der Waals surface area (Å²) in [6.07, 6.45) is 1.70. The number of amides is 1. The Morgan fingerprint density at radius 2 is 1.82 bits per heavy atom. The zero-order chi connectivity index (χ0) is 20.0. The van der Waals surface area contributed by atoms with Crippen molar-refractivity contribution in [1.29, 1.82) is 0 Å². The molecule has 0 bridgehead atoms. The highest BCUT2D eigenvalue weighted by molar-refractivity contribution is 5.88. The van der Waals surface area contributed by atoms with Crippen molar-refractivity contribution in [1.82, 2.24) is 4.90 Å². The Hall–Kier alpha value is -2.47. The van der Waals surface area contributed by atoms with Gasteiger partial charge in [0.15, 0.2) is 0 Å². The summed E-state index contributed by atoms with van der Waals surface area (Å²) in [5.41, 5.74) is -0.0531. The number of carbonyl (C=O) groups is 1. The van der Waals surface area contributed by atoms with Crippen molar-refractivity contribution in [3.05, 3.63) is 65.7 Å². The van der Waals surface area contributed by atoms with Crippen LogP contribution >= 0.6 is 0 Å². The van der Waals surface area contributed by atoms with Crippen LogP contribution in [0.25, 0.3) is 0 Å². The van der Waals surface area contributed by atoms with Gasteiger partial charge in [-0.15, -0.1) is 0 Å². The van der Waals surface area contributed by atoms with Crippen LogP contribution in [0.3, 0.4) is 0 Å². The molecule has 2 aromatic carbocycles. The fourth-order valence-electron chi connectivity index (χ4n) is 3.62. The van der Waals surface area contributed by atoms with E-state index in [9.17, 15) is 13.6 Å². The quantitative estimate of drug-likeness (QED) is 0.674. The Kier molecular flexibility index (Phi) is 6.62. The van der Waals surface area contributed by atoms with Gasteiger partial charge in [0.05, 0.1) is 12.0 Å². The number of hydrogen-bond donors (Lipinski definition) is 0. The zero-order valence-corrected chi connectivity index (χ0v) is 16.0. The van der Waals surface area contributed by atoms with Crippen molar-refractivity contribution in [3.63, 3.8) is 0 Å². The van der Waals surface area contributed by atoms with Gasteiger partial charge in [-0.3, -0.25) is 4.79 Å². The summed E-state index contributed by atoms with van der Waals surface area (Å²) in [4.78, 5) is 15.0. The average molecular weight is 389 g/mol. The summed E-state index contributed by atoms with van der Waals surface area (Å²) >= 11 is 0. The predicted octanol–water partition coefficient (Wildman–Crippen LogP) is 3.94. The molecule has 6 heteroatoms. The maximum absolute atomic E-state index is 13.8. The van der Waals surface area contributed by atoms with Gasteiger partial charge in [-0.2, -0.15) is 0 Å². The lowest BCUT2D eigenvalue weighted by molar-refractivity contribution is -0.140. The number of likely N-dealkylation sites (N-methyl/N-ethyl adjacent to an activating group) is 1. The largest absolute Gasteiger partial charge is 0.494 e. The second-order valence-electron chi connectivity index (χ2n) is 7.09. The molecule has 0 N–H and O–H groups in total. The van der Waals surface area contributed by atoms with Crippen LogP contribution in [0.4, 0.5) is 8.78 Å². The van der Waals surface area contributed by atoms with Gasteiger partial charge in [0.1, 0.15) is 17.4 Å². The molecule has 0 aliphatic carbocycles. The van der Waals surface area contributed by atoms with Crippen molar-refractivity contribution in [2.24, 2.45) is 0 Å². The molecular weight excluding hydrogens is 364 g/mol. The lowest BCUT2D eigenvalue weighted by Gasteiger charge is -2.39. The average Bonchev–Trinajstić information content (AvgIpc) is 2.72. The molecule has 150 valence electrons. The molecule has 1 heterocycles. The zero-order valence-electron chi connectivity index (χ0n) is 16.0. The molecular formula is C22H25F2NO3. The Morgan fingerprint density at radius 3 is 2.50 bits per heavy atom. The lowest BCUT2D eigenvalue weighted by Crippen LogP contribution is -2.49. The number of halogens is 2. The fraction of sp³-hybridized carbons (Fsp3) is 0.409. The van der Waals surface area contributed by atoms with E-state index in [1.54, 1.807) is 30.1 Å². The molecule has 4 nitrogen and oxygen atoms in total. The molecule has 1 amide bonds. The topological polar surface area (TPSA) is 38.8 Å². The van der Waals surface area contributed by atoms with E-state index in [1.165, 1.54) is 24.3 Å². The molecule has 3 rings (SSSR count). The van der Waals surface area contributed by atoms with E-state index in [4.69, 9.17) is 9.47 Å². The maximum atomic E-state index is 13.8. The molecule has 2 aromatic rings. The van der Waals surface area contributed by atoms with Gasteiger partial charge in [0.2, 0.25) is 5.91 Å². The Labute approximate surface area is 164 Å². The fourth-order valence-corrected chi connectivity index (χ4v) is 3.62. The third-order valence-electron chi connectivity index (χ3n) is 5.20. The van der Waals surface area contributed by atoms with Crippen LogP contribution in [0.2, 0.25) is 0 Å². The van der Waals surface area contributed by atoms with Crippen molar-refractivity contribution >= 4 is 5.91 Å². The monoisotopic (exact) mass is 389 g/mol. The molecule has 0 aromatic heterocycles. The highest BCUT2D eigenvalue weighted by Crippen LogP contribution is 2.37. The summed E-state index contributed by atoms with van der Waals surface area (Å²) in [5, 5.41) is 0. The molecule has 1 aliphatic rings. The molecule has 28 heavy (non-hydrogen) atoms. The van der Waals surface area contributed by atoms with E-state index < -0.39 is 5.41 Å². The molecule has 0 spiro atoms. The van der Waals surface area contributed by atoms with Gasteiger partial charge in [-0.05, 0) is 61.2 Å². The first-order valence-electron chi connectivity index (χ1n) is 9.49. The van der Waals surface area contributed by atoms with E-state index in [2.05, 4.69) is 0 Å². The predicted molar refractivity (Wildman–Crippen MR) is 102 cm³/mol. The molecule has 0 radical (unpaired) electrons. The summed E-state index contributed by atoms with van der Waals surface area (Å²) < 4.78 is 37.7. The van der Waals surface area contributed by atoms with E-state index in [1.807, 2.05) is 6.07 Å². The van der Waals surface area contributed by atoms with Crippen LogP contribution < -0.4 is 4.74 Å². The van der Waals surface area contributed by atoms with Gasteiger partial charge in [0, 0.05) is 26.8 Å². The normalized spacial score (nSPS) is 15.8. The van der Waals surface area contributed by atoms with E-state index in [0.717, 1.165) is 0 Å². The number of benzene rings is 2. The lowest BCUT2D eigenvalue weighted by atomic mass is 9.73. The number of carbonyl (C=O) groups excluding carboxylic acids is 1. The first kappa shape index (κ1) is 20.3. The first-order valence-corrected chi connectivity index (χ1v) is 9.49. The maximum Gasteiger partial charge on any atom is 0.233 e. The van der Waals surface area contributed by atoms with Gasteiger partial charge in [0.25, 0.3) is 0 Å². The number of rotatable bonds is 7. The second-order valence-corrected chi connectivity index (χ2v) is 7.09. The van der Waals surface area contributed by atoms with Crippen molar-refractivity contribution < 1.29 is 23.0 Å². The second kappa shape index (κ2) is 9.15. The van der Waals surface area contributed by atoms with Gasteiger partial charge >= 0.3 is 0 Å². The minimum absolute atomic E-state index is 0.0248. The number of ether oxygens (including phenoxy) is 2. The van der Waals surface area contributed by atoms with Crippen LogP contribution in [0.5, 0.6) is 5.75 Å². The minimum atomic E-state index is -0.757. The highest BCUT2D eigenvalue weighted by Gasteiger charge is 2.43. The van der Waals surface area contributed by atoms with Crippen molar-refractivity contribution in [3.8, 4) is 5.75 Å². The Bertz CT molecular complexity index is 789. The van der Waals surface area contributed by atoms with Gasteiger partial charge < -0.3 is 14.4 Å². The third kappa shape index (κ3) is 4.68. The molecule has 0 saturated carbocycles. The SMILES string of the molecule is CN(CCCOc1ccc(F)cc1)C(=O)C1(c2cccc(F)c2)CCOCC1. The summed E-state index contributed by atoms with van der Waals surface area (Å²) in [7, 11) is 1.76. The van der Waals surface area contributed by atoms with E-state index in [0.29, 0.717) is 56.9 Å². The Balaban J connectivity index is 1.61. The minimum Gasteiger partial charge on any atom is -0.494 e. The molecule has 1 saturated heterocycles. The number of hydrogen-bond acceptors (Lipinski definition) is 3. The summed E-state index contributed by atoms with van der Waals surface area (Å²) in [6, 6.07) is 12.1. The highest BCUT2D eigenvalue weighted by atomic mass is 19.1. The molecule has 0 unspecified atom stereocenters. The van der Waals surface area contributed by atoms with E-state index in [-0.39, 0.29) is 17.5 Å². The summed E-state index contributed by atoms with van der Waals surface area (Å²) in [6.45, 7) is 1.88. The van der Waals surface area contributed by atoms with Gasteiger partial charge in [-0.25, -0.2) is 8.78 Å². The van der Waals surface area contributed by atoms with Gasteiger partial charge in [-0.1, -0.05) is 12.1 Å². The van der Waals surface area contributed by atoms with Crippen molar-refractivity contribution in [2.75, 3.05) is 33.4 Å². The van der Waals surface area contributed by atoms with Crippen LogP contribution in [0.1, 0.15) is 24.8 Å². The molecule has 0 atom stereocenters. The first-order chi connectivity index (χ1) is 13.5. The summed E-state index contributed by atoms with van der Waals surface area (Å²) in [5.74, 6) is -0.0810. The smallest absolute Gasteiger partial charge is 0.233 e. The molecule has 1 fully saturated rings.